The molecule has 1 amide bonds. The van der Waals surface area contributed by atoms with E-state index in [1.54, 1.807) is 20.0 Å². The van der Waals surface area contributed by atoms with E-state index in [9.17, 15) is 14.4 Å². The SMILES string of the molecule is Cc1cc(C(=O)NC2CCOCC2C)nc2c1c(=O)n(C)c(=O)n2C. The molecule has 0 aliphatic carbocycles. The van der Waals surface area contributed by atoms with E-state index >= 15 is 0 Å². The Balaban J connectivity index is 2.05. The number of rotatable bonds is 2. The standard InChI is InChI=1S/C17H22N4O4/c1-9-7-12(15(22)19-11-5-6-25-8-10(11)2)18-14-13(9)16(23)21(4)17(24)20(14)3/h7,10-11H,5-6,8H2,1-4H3,(H,19,22). The van der Waals surface area contributed by atoms with Gasteiger partial charge in [-0.25, -0.2) is 9.78 Å². The monoisotopic (exact) mass is 346 g/mol. The topological polar surface area (TPSA) is 95.2 Å². The number of fused-ring (bicyclic) bond motifs is 1. The Morgan fingerprint density at radius 2 is 2.04 bits per heavy atom. The van der Waals surface area contributed by atoms with Crippen LogP contribution in [0.25, 0.3) is 11.0 Å². The Kier molecular flexibility index (Phi) is 4.47. The van der Waals surface area contributed by atoms with E-state index in [1.165, 1.54) is 11.6 Å². The minimum Gasteiger partial charge on any atom is -0.381 e. The molecule has 0 radical (unpaired) electrons. The first kappa shape index (κ1) is 17.3. The molecular weight excluding hydrogens is 324 g/mol. The number of amides is 1. The molecule has 0 aromatic carbocycles. The largest absolute Gasteiger partial charge is 0.381 e. The molecule has 134 valence electrons. The van der Waals surface area contributed by atoms with Crippen molar-refractivity contribution in [1.29, 1.82) is 0 Å². The zero-order chi connectivity index (χ0) is 18.3. The predicted molar refractivity (Wildman–Crippen MR) is 92.8 cm³/mol. The molecule has 1 fully saturated rings. The van der Waals surface area contributed by atoms with Gasteiger partial charge in [-0.15, -0.1) is 0 Å². The summed E-state index contributed by atoms with van der Waals surface area (Å²) in [6.45, 7) is 4.99. The van der Waals surface area contributed by atoms with E-state index in [4.69, 9.17) is 4.74 Å². The summed E-state index contributed by atoms with van der Waals surface area (Å²) in [5, 5.41) is 3.33. The Morgan fingerprint density at radius 1 is 1.32 bits per heavy atom. The van der Waals surface area contributed by atoms with Gasteiger partial charge in [0.15, 0.2) is 0 Å². The number of nitrogens with one attached hydrogen (secondary N) is 1. The first-order chi connectivity index (χ1) is 11.8. The molecule has 8 nitrogen and oxygen atoms in total. The zero-order valence-electron chi connectivity index (χ0n) is 14.8. The highest BCUT2D eigenvalue weighted by molar-refractivity contribution is 5.95. The van der Waals surface area contributed by atoms with Crippen LogP contribution >= 0.6 is 0 Å². The molecule has 0 spiro atoms. The van der Waals surface area contributed by atoms with Crippen molar-refractivity contribution in [3.8, 4) is 0 Å². The lowest BCUT2D eigenvalue weighted by Gasteiger charge is -2.29. The summed E-state index contributed by atoms with van der Waals surface area (Å²) in [5.74, 6) is -0.0900. The molecule has 1 saturated heterocycles. The van der Waals surface area contributed by atoms with Gasteiger partial charge in [0, 0.05) is 26.7 Å². The summed E-state index contributed by atoms with van der Waals surface area (Å²) < 4.78 is 7.72. The molecule has 25 heavy (non-hydrogen) atoms. The van der Waals surface area contributed by atoms with E-state index in [-0.39, 0.29) is 29.2 Å². The number of aromatic nitrogens is 3. The Morgan fingerprint density at radius 3 is 2.72 bits per heavy atom. The van der Waals surface area contributed by atoms with Crippen LogP contribution in [-0.4, -0.2) is 39.3 Å². The van der Waals surface area contributed by atoms with Crippen molar-refractivity contribution in [1.82, 2.24) is 19.4 Å². The molecule has 1 aliphatic heterocycles. The quantitative estimate of drug-likeness (QED) is 0.832. The lowest BCUT2D eigenvalue weighted by atomic mass is 9.97. The fraction of sp³-hybridized carbons (Fsp3) is 0.529. The van der Waals surface area contributed by atoms with Gasteiger partial charge in [0.1, 0.15) is 11.3 Å². The minimum absolute atomic E-state index is 0.0199. The van der Waals surface area contributed by atoms with Gasteiger partial charge < -0.3 is 10.1 Å². The second-order valence-corrected chi connectivity index (χ2v) is 6.65. The van der Waals surface area contributed by atoms with Crippen LogP contribution in [0.4, 0.5) is 0 Å². The maximum Gasteiger partial charge on any atom is 0.332 e. The highest BCUT2D eigenvalue weighted by atomic mass is 16.5. The van der Waals surface area contributed by atoms with Crippen LogP contribution in [-0.2, 0) is 18.8 Å². The number of pyridine rings is 1. The van der Waals surface area contributed by atoms with Gasteiger partial charge in [-0.2, -0.15) is 0 Å². The highest BCUT2D eigenvalue weighted by Crippen LogP contribution is 2.16. The third-order valence-corrected chi connectivity index (χ3v) is 4.80. The van der Waals surface area contributed by atoms with Crippen molar-refractivity contribution in [2.45, 2.75) is 26.3 Å². The highest BCUT2D eigenvalue weighted by Gasteiger charge is 2.25. The van der Waals surface area contributed by atoms with Crippen LogP contribution in [0.3, 0.4) is 0 Å². The summed E-state index contributed by atoms with van der Waals surface area (Å²) in [5.41, 5.74) is 0.157. The van der Waals surface area contributed by atoms with E-state index in [2.05, 4.69) is 10.3 Å². The van der Waals surface area contributed by atoms with Crippen LogP contribution in [0.2, 0.25) is 0 Å². The Bertz CT molecular complexity index is 960. The lowest BCUT2D eigenvalue weighted by molar-refractivity contribution is 0.0374. The molecule has 2 unspecified atom stereocenters. The minimum atomic E-state index is -0.472. The fourth-order valence-corrected chi connectivity index (χ4v) is 3.19. The molecule has 2 atom stereocenters. The third-order valence-electron chi connectivity index (χ3n) is 4.80. The predicted octanol–water partition coefficient (Wildman–Crippen LogP) is 0.0954. The third kappa shape index (κ3) is 2.97. The van der Waals surface area contributed by atoms with Crippen molar-refractivity contribution in [3.05, 3.63) is 38.2 Å². The van der Waals surface area contributed by atoms with Gasteiger partial charge in [-0.3, -0.25) is 18.7 Å². The van der Waals surface area contributed by atoms with E-state index in [1.807, 2.05) is 6.92 Å². The van der Waals surface area contributed by atoms with Gasteiger partial charge >= 0.3 is 5.69 Å². The Hall–Kier alpha value is -2.48. The van der Waals surface area contributed by atoms with Crippen LogP contribution in [0.15, 0.2) is 15.7 Å². The summed E-state index contributed by atoms with van der Waals surface area (Å²) >= 11 is 0. The maximum atomic E-state index is 12.6. The first-order valence-corrected chi connectivity index (χ1v) is 8.27. The van der Waals surface area contributed by atoms with E-state index in [0.717, 1.165) is 11.0 Å². The number of aryl methyl sites for hydroxylation is 2. The smallest absolute Gasteiger partial charge is 0.332 e. The van der Waals surface area contributed by atoms with E-state index in [0.29, 0.717) is 24.2 Å². The molecule has 2 aromatic heterocycles. The number of carbonyl (C=O) groups excluding carboxylic acids is 1. The van der Waals surface area contributed by atoms with E-state index < -0.39 is 11.2 Å². The second kappa shape index (κ2) is 6.44. The molecule has 8 heteroatoms. The van der Waals surface area contributed by atoms with Crippen molar-refractivity contribution in [2.24, 2.45) is 20.0 Å². The van der Waals surface area contributed by atoms with Gasteiger partial charge in [-0.1, -0.05) is 6.92 Å². The van der Waals surface area contributed by atoms with Gasteiger partial charge in [0.2, 0.25) is 0 Å². The number of carbonyl (C=O) groups is 1. The molecule has 2 aromatic rings. The average molecular weight is 346 g/mol. The molecule has 1 N–H and O–H groups in total. The number of hydrogen-bond acceptors (Lipinski definition) is 5. The lowest BCUT2D eigenvalue weighted by Crippen LogP contribution is -2.44. The molecule has 3 rings (SSSR count). The number of hydrogen-bond donors (Lipinski definition) is 1. The zero-order valence-corrected chi connectivity index (χ0v) is 14.8. The van der Waals surface area contributed by atoms with Crippen LogP contribution < -0.4 is 16.6 Å². The Labute approximate surface area is 144 Å². The summed E-state index contributed by atoms with van der Waals surface area (Å²) in [6.07, 6.45) is 0.749. The van der Waals surface area contributed by atoms with Crippen molar-refractivity contribution < 1.29 is 9.53 Å². The number of ether oxygens (including phenoxy) is 1. The summed E-state index contributed by atoms with van der Waals surface area (Å²) in [6, 6.07) is 1.61. The summed E-state index contributed by atoms with van der Waals surface area (Å²) in [7, 11) is 2.97. The second-order valence-electron chi connectivity index (χ2n) is 6.65. The van der Waals surface area contributed by atoms with Crippen LogP contribution in [0.5, 0.6) is 0 Å². The van der Waals surface area contributed by atoms with Gasteiger partial charge in [-0.05, 0) is 30.9 Å². The van der Waals surface area contributed by atoms with Crippen molar-refractivity contribution in [2.75, 3.05) is 13.2 Å². The maximum absolute atomic E-state index is 12.6. The molecule has 0 saturated carbocycles. The van der Waals surface area contributed by atoms with Gasteiger partial charge in [0.05, 0.1) is 12.0 Å². The molecule has 1 aliphatic rings. The molecule has 0 bridgehead atoms. The normalized spacial score (nSPS) is 20.6. The van der Waals surface area contributed by atoms with Crippen molar-refractivity contribution >= 4 is 16.9 Å². The van der Waals surface area contributed by atoms with Crippen LogP contribution in [0, 0.1) is 12.8 Å². The molecule has 3 heterocycles. The summed E-state index contributed by atoms with van der Waals surface area (Å²) in [4.78, 5) is 41.4. The van der Waals surface area contributed by atoms with Crippen LogP contribution in [0.1, 0.15) is 29.4 Å². The van der Waals surface area contributed by atoms with Gasteiger partial charge in [0.25, 0.3) is 11.5 Å². The fourth-order valence-electron chi connectivity index (χ4n) is 3.19. The first-order valence-electron chi connectivity index (χ1n) is 8.27. The van der Waals surface area contributed by atoms with Crippen molar-refractivity contribution in [3.63, 3.8) is 0 Å². The molecular formula is C17H22N4O4. The average Bonchev–Trinajstić information content (AvgIpc) is 2.59. The number of nitrogens with zero attached hydrogens (tertiary/aromatic N) is 3.